The summed E-state index contributed by atoms with van der Waals surface area (Å²) in [6.07, 6.45) is 4.67. The minimum absolute atomic E-state index is 0.215. The van der Waals surface area contributed by atoms with E-state index in [9.17, 15) is 13.2 Å². The number of benzene rings is 1. The molecule has 29 heavy (non-hydrogen) atoms. The van der Waals surface area contributed by atoms with E-state index in [0.29, 0.717) is 30.1 Å². The second-order valence-electron chi connectivity index (χ2n) is 7.17. The van der Waals surface area contributed by atoms with Crippen LogP contribution in [0.2, 0.25) is 0 Å². The van der Waals surface area contributed by atoms with Crippen molar-refractivity contribution in [1.82, 2.24) is 24.2 Å². The Hall–Kier alpha value is -2.78. The monoisotopic (exact) mass is 413 g/mol. The van der Waals surface area contributed by atoms with Gasteiger partial charge in [0.15, 0.2) is 11.5 Å². The van der Waals surface area contributed by atoms with Gasteiger partial charge in [-0.3, -0.25) is 9.20 Å². The average molecular weight is 414 g/mol. The van der Waals surface area contributed by atoms with Gasteiger partial charge in [-0.15, -0.1) is 10.2 Å². The molecule has 9 heteroatoms. The minimum Gasteiger partial charge on any atom is -0.342 e. The molecule has 152 valence electrons. The lowest BCUT2D eigenvalue weighted by molar-refractivity contribution is 0.0938. The van der Waals surface area contributed by atoms with Crippen LogP contribution < -0.4 is 5.32 Å². The van der Waals surface area contributed by atoms with Crippen molar-refractivity contribution in [2.75, 3.05) is 13.1 Å². The van der Waals surface area contributed by atoms with E-state index in [1.807, 2.05) is 35.7 Å². The SMILES string of the molecule is CC(NC(=O)c1ccc(S(=O)(=O)N2CCCCC2)cc1)c1nnc2ccccn12. The lowest BCUT2D eigenvalue weighted by Gasteiger charge is -2.25. The summed E-state index contributed by atoms with van der Waals surface area (Å²) >= 11 is 0. The van der Waals surface area contributed by atoms with E-state index in [-0.39, 0.29) is 16.8 Å². The van der Waals surface area contributed by atoms with Crippen molar-refractivity contribution in [3.8, 4) is 0 Å². The highest BCUT2D eigenvalue weighted by Crippen LogP contribution is 2.21. The van der Waals surface area contributed by atoms with Gasteiger partial charge in [0, 0.05) is 24.8 Å². The Labute approximate surface area is 169 Å². The smallest absolute Gasteiger partial charge is 0.251 e. The summed E-state index contributed by atoms with van der Waals surface area (Å²) in [5.41, 5.74) is 1.10. The Kier molecular flexibility index (Phi) is 5.33. The number of amides is 1. The number of pyridine rings is 1. The first kappa shape index (κ1) is 19.5. The van der Waals surface area contributed by atoms with Gasteiger partial charge in [0.2, 0.25) is 10.0 Å². The Morgan fingerprint density at radius 2 is 1.76 bits per heavy atom. The van der Waals surface area contributed by atoms with E-state index in [2.05, 4.69) is 15.5 Å². The minimum atomic E-state index is -3.51. The molecule has 2 aromatic heterocycles. The van der Waals surface area contributed by atoms with E-state index in [0.717, 1.165) is 19.3 Å². The highest BCUT2D eigenvalue weighted by Gasteiger charge is 2.26. The predicted molar refractivity (Wildman–Crippen MR) is 108 cm³/mol. The summed E-state index contributed by atoms with van der Waals surface area (Å²) in [5, 5.41) is 11.1. The van der Waals surface area contributed by atoms with Crippen LogP contribution in [-0.2, 0) is 10.0 Å². The molecule has 0 spiro atoms. The summed E-state index contributed by atoms with van der Waals surface area (Å²) in [4.78, 5) is 12.8. The number of nitrogens with one attached hydrogen (secondary N) is 1. The Morgan fingerprint density at radius 3 is 2.48 bits per heavy atom. The maximum absolute atomic E-state index is 12.7. The molecule has 0 radical (unpaired) electrons. The van der Waals surface area contributed by atoms with Crippen molar-refractivity contribution in [3.63, 3.8) is 0 Å². The third-order valence-electron chi connectivity index (χ3n) is 5.14. The molecule has 3 aromatic rings. The van der Waals surface area contributed by atoms with Gasteiger partial charge in [0.1, 0.15) is 0 Å². The number of aromatic nitrogens is 3. The molecule has 8 nitrogen and oxygen atoms in total. The van der Waals surface area contributed by atoms with Crippen LogP contribution in [0.1, 0.15) is 48.4 Å². The summed E-state index contributed by atoms with van der Waals surface area (Å²) in [7, 11) is -3.51. The molecule has 3 heterocycles. The lowest BCUT2D eigenvalue weighted by Crippen LogP contribution is -2.35. The van der Waals surface area contributed by atoms with Gasteiger partial charge in [-0.2, -0.15) is 4.31 Å². The van der Waals surface area contributed by atoms with Crippen LogP contribution in [-0.4, -0.2) is 46.3 Å². The summed E-state index contributed by atoms with van der Waals surface area (Å²) in [6, 6.07) is 11.3. The fourth-order valence-electron chi connectivity index (χ4n) is 3.53. The molecule has 1 amide bonds. The van der Waals surface area contributed by atoms with Crippen LogP contribution >= 0.6 is 0 Å². The lowest BCUT2D eigenvalue weighted by atomic mass is 10.2. The summed E-state index contributed by atoms with van der Waals surface area (Å²) < 4.78 is 28.8. The molecule has 0 saturated carbocycles. The molecule has 4 rings (SSSR count). The molecule has 1 atom stereocenters. The second kappa shape index (κ2) is 7.92. The Bertz CT molecular complexity index is 1120. The third kappa shape index (κ3) is 3.88. The quantitative estimate of drug-likeness (QED) is 0.693. The van der Waals surface area contributed by atoms with Crippen molar-refractivity contribution >= 4 is 21.6 Å². The van der Waals surface area contributed by atoms with Crippen LogP contribution in [0.5, 0.6) is 0 Å². The Morgan fingerprint density at radius 1 is 1.03 bits per heavy atom. The standard InChI is InChI=1S/C20H23N5O3S/c1-15(19-23-22-18-7-3-6-14-25(18)19)21-20(26)16-8-10-17(11-9-16)29(27,28)24-12-4-2-5-13-24/h3,6-11,14-15H,2,4-5,12-13H2,1H3,(H,21,26). The van der Waals surface area contributed by atoms with Crippen LogP contribution in [0.3, 0.4) is 0 Å². The van der Waals surface area contributed by atoms with Gasteiger partial charge in [-0.05, 0) is 56.2 Å². The number of piperidine rings is 1. The first-order chi connectivity index (χ1) is 14.0. The molecule has 1 N–H and O–H groups in total. The van der Waals surface area contributed by atoms with Crippen molar-refractivity contribution in [1.29, 1.82) is 0 Å². The zero-order chi connectivity index (χ0) is 20.4. The van der Waals surface area contributed by atoms with Crippen LogP contribution in [0, 0.1) is 0 Å². The zero-order valence-electron chi connectivity index (χ0n) is 16.2. The number of carbonyl (C=O) groups excluding carboxylic acids is 1. The molecule has 1 aromatic carbocycles. The molecule has 1 unspecified atom stereocenters. The fourth-order valence-corrected chi connectivity index (χ4v) is 5.05. The second-order valence-corrected chi connectivity index (χ2v) is 9.11. The number of fused-ring (bicyclic) bond motifs is 1. The molecule has 1 saturated heterocycles. The third-order valence-corrected chi connectivity index (χ3v) is 7.06. The van der Waals surface area contributed by atoms with Crippen molar-refractivity contribution in [2.45, 2.75) is 37.1 Å². The molecule has 1 aliphatic heterocycles. The first-order valence-corrected chi connectivity index (χ1v) is 11.1. The van der Waals surface area contributed by atoms with Crippen molar-refractivity contribution < 1.29 is 13.2 Å². The van der Waals surface area contributed by atoms with Crippen LogP contribution in [0.25, 0.3) is 5.65 Å². The summed E-state index contributed by atoms with van der Waals surface area (Å²) in [5.74, 6) is 0.324. The fraction of sp³-hybridized carbons (Fsp3) is 0.350. The number of sulfonamides is 1. The van der Waals surface area contributed by atoms with Crippen molar-refractivity contribution in [3.05, 3.63) is 60.0 Å². The van der Waals surface area contributed by atoms with Gasteiger partial charge in [-0.25, -0.2) is 8.42 Å². The van der Waals surface area contributed by atoms with E-state index in [1.165, 1.54) is 16.4 Å². The largest absolute Gasteiger partial charge is 0.342 e. The van der Waals surface area contributed by atoms with E-state index in [1.54, 1.807) is 12.1 Å². The van der Waals surface area contributed by atoms with Gasteiger partial charge < -0.3 is 5.32 Å². The van der Waals surface area contributed by atoms with E-state index in [4.69, 9.17) is 0 Å². The highest BCUT2D eigenvalue weighted by molar-refractivity contribution is 7.89. The number of hydrogen-bond donors (Lipinski definition) is 1. The molecule has 0 aliphatic carbocycles. The normalized spacial score (nSPS) is 16.6. The molecule has 0 bridgehead atoms. The van der Waals surface area contributed by atoms with Gasteiger partial charge in [0.25, 0.3) is 5.91 Å². The first-order valence-electron chi connectivity index (χ1n) is 9.67. The van der Waals surface area contributed by atoms with Crippen LogP contribution in [0.15, 0.2) is 53.6 Å². The Balaban J connectivity index is 1.48. The molecular formula is C20H23N5O3S. The number of nitrogens with zero attached hydrogens (tertiary/aromatic N) is 4. The highest BCUT2D eigenvalue weighted by atomic mass is 32.2. The van der Waals surface area contributed by atoms with Crippen LogP contribution in [0.4, 0.5) is 0 Å². The number of rotatable bonds is 5. The van der Waals surface area contributed by atoms with Gasteiger partial charge in [-0.1, -0.05) is 12.5 Å². The average Bonchev–Trinajstić information content (AvgIpc) is 3.19. The number of carbonyl (C=O) groups is 1. The zero-order valence-corrected chi connectivity index (χ0v) is 17.0. The maximum Gasteiger partial charge on any atom is 0.251 e. The van der Waals surface area contributed by atoms with E-state index >= 15 is 0 Å². The number of hydrogen-bond acceptors (Lipinski definition) is 5. The molecule has 1 fully saturated rings. The van der Waals surface area contributed by atoms with E-state index < -0.39 is 10.0 Å². The maximum atomic E-state index is 12.7. The summed E-state index contributed by atoms with van der Waals surface area (Å²) in [6.45, 7) is 2.93. The van der Waals surface area contributed by atoms with Gasteiger partial charge >= 0.3 is 0 Å². The molecular weight excluding hydrogens is 390 g/mol. The predicted octanol–water partition coefficient (Wildman–Crippen LogP) is 2.39. The van der Waals surface area contributed by atoms with Crippen molar-refractivity contribution in [2.24, 2.45) is 0 Å². The van der Waals surface area contributed by atoms with Gasteiger partial charge in [0.05, 0.1) is 10.9 Å². The topological polar surface area (TPSA) is 96.7 Å². The molecule has 1 aliphatic rings.